The van der Waals surface area contributed by atoms with Gasteiger partial charge in [0.2, 0.25) is 0 Å². The topological polar surface area (TPSA) is 12.0 Å². The summed E-state index contributed by atoms with van der Waals surface area (Å²) in [4.78, 5) is 0. The molecule has 1 atom stereocenters. The molecule has 1 fully saturated rings. The normalized spacial score (nSPS) is 24.0. The zero-order chi connectivity index (χ0) is 15.1. The van der Waals surface area contributed by atoms with Crippen molar-refractivity contribution in [1.82, 2.24) is 5.32 Å². The van der Waals surface area contributed by atoms with Crippen molar-refractivity contribution in [2.24, 2.45) is 11.8 Å². The van der Waals surface area contributed by atoms with Gasteiger partial charge in [-0.15, -0.1) is 0 Å². The van der Waals surface area contributed by atoms with E-state index in [4.69, 9.17) is 0 Å². The highest BCUT2D eigenvalue weighted by molar-refractivity contribution is 5.23. The predicted molar refractivity (Wildman–Crippen MR) is 92.7 cm³/mol. The molecule has 21 heavy (non-hydrogen) atoms. The molecule has 1 nitrogen and oxygen atoms in total. The maximum absolute atomic E-state index is 3.83. The summed E-state index contributed by atoms with van der Waals surface area (Å²) in [5.41, 5.74) is 2.95. The van der Waals surface area contributed by atoms with E-state index in [1.54, 1.807) is 0 Å². The van der Waals surface area contributed by atoms with Crippen molar-refractivity contribution in [1.29, 1.82) is 0 Å². The van der Waals surface area contributed by atoms with Gasteiger partial charge in [0.15, 0.2) is 0 Å². The average molecular weight is 287 g/mol. The van der Waals surface area contributed by atoms with Gasteiger partial charge in [0.1, 0.15) is 0 Å². The van der Waals surface area contributed by atoms with E-state index in [0.717, 1.165) is 24.8 Å². The average Bonchev–Trinajstić information content (AvgIpc) is 2.53. The van der Waals surface area contributed by atoms with Crippen LogP contribution in [0, 0.1) is 11.8 Å². The first kappa shape index (κ1) is 16.5. The Morgan fingerprint density at radius 1 is 1.00 bits per heavy atom. The molecule has 0 aliphatic heterocycles. The first-order chi connectivity index (χ1) is 10.2. The summed E-state index contributed by atoms with van der Waals surface area (Å²) in [5, 5.41) is 3.83. The highest BCUT2D eigenvalue weighted by Crippen LogP contribution is 2.31. The predicted octanol–water partition coefficient (Wildman–Crippen LogP) is 4.99. The molecule has 0 saturated heterocycles. The Balaban J connectivity index is 1.97. The van der Waals surface area contributed by atoms with E-state index in [1.807, 2.05) is 0 Å². The van der Waals surface area contributed by atoms with Crippen LogP contribution in [0.1, 0.15) is 64.0 Å². The summed E-state index contributed by atoms with van der Waals surface area (Å²) in [6.07, 6.45) is 9.23. The second kappa shape index (κ2) is 8.58. The van der Waals surface area contributed by atoms with Crippen molar-refractivity contribution >= 4 is 0 Å². The van der Waals surface area contributed by atoms with Gasteiger partial charge in [-0.3, -0.25) is 0 Å². The van der Waals surface area contributed by atoms with Crippen LogP contribution < -0.4 is 5.32 Å². The quantitative estimate of drug-likeness (QED) is 0.745. The Morgan fingerprint density at radius 2 is 1.62 bits per heavy atom. The van der Waals surface area contributed by atoms with Gasteiger partial charge in [-0.2, -0.15) is 0 Å². The molecule has 1 saturated carbocycles. The Labute approximate surface area is 131 Å². The molecular formula is C20H33N. The third-order valence-corrected chi connectivity index (χ3v) is 5.17. The highest BCUT2D eigenvalue weighted by atomic mass is 14.9. The third kappa shape index (κ3) is 5.14. The number of benzene rings is 1. The monoisotopic (exact) mass is 287 g/mol. The van der Waals surface area contributed by atoms with Crippen LogP contribution in [0.25, 0.3) is 0 Å². The smallest absolute Gasteiger partial charge is 0.0136 e. The molecule has 1 unspecified atom stereocenters. The van der Waals surface area contributed by atoms with Crippen LogP contribution in [0.3, 0.4) is 0 Å². The Kier molecular flexibility index (Phi) is 6.76. The molecule has 0 amide bonds. The lowest BCUT2D eigenvalue weighted by molar-refractivity contribution is 0.229. The number of hydrogen-bond donors (Lipinski definition) is 1. The Morgan fingerprint density at radius 3 is 2.19 bits per heavy atom. The molecule has 0 spiro atoms. The van der Waals surface area contributed by atoms with Gasteiger partial charge in [-0.05, 0) is 61.6 Å². The van der Waals surface area contributed by atoms with Crippen LogP contribution in [0.15, 0.2) is 24.3 Å². The van der Waals surface area contributed by atoms with Gasteiger partial charge in [-0.1, -0.05) is 57.9 Å². The maximum Gasteiger partial charge on any atom is 0.0136 e. The molecule has 1 N–H and O–H groups in total. The van der Waals surface area contributed by atoms with Crippen molar-refractivity contribution in [2.45, 2.75) is 71.8 Å². The van der Waals surface area contributed by atoms with Gasteiger partial charge in [0, 0.05) is 6.04 Å². The SMILES string of the molecule is CCCNC(Cc1ccc(CC)cc1)C1CCC(C)CC1. The molecule has 1 aliphatic rings. The first-order valence-corrected chi connectivity index (χ1v) is 9.04. The van der Waals surface area contributed by atoms with Crippen LogP contribution in [0.4, 0.5) is 0 Å². The third-order valence-electron chi connectivity index (χ3n) is 5.17. The van der Waals surface area contributed by atoms with Gasteiger partial charge < -0.3 is 5.32 Å². The fraction of sp³-hybridized carbons (Fsp3) is 0.700. The molecular weight excluding hydrogens is 254 g/mol. The molecule has 0 bridgehead atoms. The fourth-order valence-electron chi connectivity index (χ4n) is 3.59. The van der Waals surface area contributed by atoms with Gasteiger partial charge in [-0.25, -0.2) is 0 Å². The molecule has 1 aromatic carbocycles. The van der Waals surface area contributed by atoms with E-state index in [-0.39, 0.29) is 0 Å². The number of aryl methyl sites for hydroxylation is 1. The molecule has 118 valence electrons. The summed E-state index contributed by atoms with van der Waals surface area (Å²) in [6.45, 7) is 8.06. The van der Waals surface area contributed by atoms with Crippen LogP contribution in [0.5, 0.6) is 0 Å². The number of rotatable bonds is 7. The minimum atomic E-state index is 0.671. The van der Waals surface area contributed by atoms with E-state index < -0.39 is 0 Å². The second-order valence-corrected chi connectivity index (χ2v) is 6.95. The zero-order valence-electron chi connectivity index (χ0n) is 14.2. The highest BCUT2D eigenvalue weighted by Gasteiger charge is 2.25. The van der Waals surface area contributed by atoms with Crippen molar-refractivity contribution in [3.63, 3.8) is 0 Å². The van der Waals surface area contributed by atoms with E-state index in [9.17, 15) is 0 Å². The molecule has 1 heteroatoms. The van der Waals surface area contributed by atoms with Gasteiger partial charge >= 0.3 is 0 Å². The second-order valence-electron chi connectivity index (χ2n) is 6.95. The van der Waals surface area contributed by atoms with E-state index in [2.05, 4.69) is 50.4 Å². The van der Waals surface area contributed by atoms with Crippen molar-refractivity contribution in [3.05, 3.63) is 35.4 Å². The number of nitrogens with one attached hydrogen (secondary N) is 1. The largest absolute Gasteiger partial charge is 0.313 e. The van der Waals surface area contributed by atoms with E-state index in [0.29, 0.717) is 6.04 Å². The number of hydrogen-bond acceptors (Lipinski definition) is 1. The molecule has 0 aromatic heterocycles. The lowest BCUT2D eigenvalue weighted by atomic mass is 9.77. The molecule has 2 rings (SSSR count). The van der Waals surface area contributed by atoms with Crippen LogP contribution in [0.2, 0.25) is 0 Å². The summed E-state index contributed by atoms with van der Waals surface area (Å²) in [7, 11) is 0. The first-order valence-electron chi connectivity index (χ1n) is 9.04. The van der Waals surface area contributed by atoms with Crippen molar-refractivity contribution in [2.75, 3.05) is 6.54 Å². The lowest BCUT2D eigenvalue weighted by Gasteiger charge is -2.33. The lowest BCUT2D eigenvalue weighted by Crippen LogP contribution is -2.40. The zero-order valence-corrected chi connectivity index (χ0v) is 14.2. The van der Waals surface area contributed by atoms with Gasteiger partial charge in [0.05, 0.1) is 0 Å². The maximum atomic E-state index is 3.83. The van der Waals surface area contributed by atoms with Crippen LogP contribution in [-0.2, 0) is 12.8 Å². The molecule has 0 radical (unpaired) electrons. The summed E-state index contributed by atoms with van der Waals surface area (Å²) >= 11 is 0. The minimum Gasteiger partial charge on any atom is -0.313 e. The van der Waals surface area contributed by atoms with Crippen LogP contribution in [-0.4, -0.2) is 12.6 Å². The van der Waals surface area contributed by atoms with Crippen LogP contribution >= 0.6 is 0 Å². The van der Waals surface area contributed by atoms with Crippen molar-refractivity contribution in [3.8, 4) is 0 Å². The van der Waals surface area contributed by atoms with E-state index in [1.165, 1.54) is 49.7 Å². The molecule has 1 aliphatic carbocycles. The Bertz CT molecular complexity index is 387. The fourth-order valence-corrected chi connectivity index (χ4v) is 3.59. The summed E-state index contributed by atoms with van der Waals surface area (Å²) < 4.78 is 0. The summed E-state index contributed by atoms with van der Waals surface area (Å²) in [6, 6.07) is 9.95. The molecule has 1 aromatic rings. The Hall–Kier alpha value is -0.820. The minimum absolute atomic E-state index is 0.671. The van der Waals surface area contributed by atoms with Gasteiger partial charge in [0.25, 0.3) is 0 Å². The standard InChI is InChI=1S/C20H33N/c1-4-14-21-20(19-12-6-16(3)7-13-19)15-18-10-8-17(5-2)9-11-18/h8-11,16,19-21H,4-7,12-15H2,1-3H3. The van der Waals surface area contributed by atoms with Crippen molar-refractivity contribution < 1.29 is 0 Å². The van der Waals surface area contributed by atoms with E-state index >= 15 is 0 Å². The summed E-state index contributed by atoms with van der Waals surface area (Å²) in [5.74, 6) is 1.82. The molecule has 0 heterocycles.